The number of oxime groups is 1. The molecule has 2 aromatic carbocycles. The van der Waals surface area contributed by atoms with E-state index in [-0.39, 0.29) is 6.42 Å². The second kappa shape index (κ2) is 7.92. The van der Waals surface area contributed by atoms with Crippen molar-refractivity contribution in [1.29, 1.82) is 0 Å². The molecule has 1 aliphatic heterocycles. The van der Waals surface area contributed by atoms with Gasteiger partial charge in [-0.3, -0.25) is 0 Å². The van der Waals surface area contributed by atoms with Crippen LogP contribution in [-0.2, 0) is 17.9 Å². The molecule has 144 valence electrons. The molecular formula is C21H21FN4O2. The van der Waals surface area contributed by atoms with Crippen molar-refractivity contribution in [3.63, 3.8) is 0 Å². The molecule has 28 heavy (non-hydrogen) atoms. The second-order valence-corrected chi connectivity index (χ2v) is 6.81. The first-order chi connectivity index (χ1) is 13.6. The highest BCUT2D eigenvalue weighted by Gasteiger charge is 2.37. The summed E-state index contributed by atoms with van der Waals surface area (Å²) in [5, 5.41) is 21.3. The summed E-state index contributed by atoms with van der Waals surface area (Å²) in [6.07, 6.45) is 3.71. The van der Waals surface area contributed by atoms with Crippen molar-refractivity contribution in [2.75, 3.05) is 6.67 Å². The molecule has 0 radical (unpaired) electrons. The van der Waals surface area contributed by atoms with Crippen LogP contribution in [0.3, 0.4) is 0 Å². The summed E-state index contributed by atoms with van der Waals surface area (Å²) in [6, 6.07) is 17.9. The highest BCUT2D eigenvalue weighted by atomic mass is 19.1. The van der Waals surface area contributed by atoms with Crippen molar-refractivity contribution in [2.45, 2.75) is 25.3 Å². The number of rotatable bonds is 7. The Kier molecular flexibility index (Phi) is 5.18. The molecule has 0 bridgehead atoms. The number of aliphatic hydroxyl groups is 1. The number of aromatic nitrogens is 2. The van der Waals surface area contributed by atoms with Gasteiger partial charge in [-0.2, -0.15) is 5.10 Å². The van der Waals surface area contributed by atoms with Crippen LogP contribution in [0.25, 0.3) is 5.69 Å². The number of alkyl halides is 1. The minimum Gasteiger partial charge on any atom is -0.357 e. The number of hydrogen-bond donors (Lipinski definition) is 2. The van der Waals surface area contributed by atoms with E-state index >= 15 is 0 Å². The Labute approximate surface area is 162 Å². The lowest BCUT2D eigenvalue weighted by molar-refractivity contribution is -0.193. The first kappa shape index (κ1) is 18.3. The minimum absolute atomic E-state index is 0.0446. The highest BCUT2D eigenvalue weighted by molar-refractivity contribution is 6.01. The molecule has 2 heterocycles. The summed E-state index contributed by atoms with van der Waals surface area (Å²) < 4.78 is 14.6. The quantitative estimate of drug-likeness (QED) is 0.661. The lowest BCUT2D eigenvalue weighted by Gasteiger charge is -2.14. The third-order valence-electron chi connectivity index (χ3n) is 4.60. The van der Waals surface area contributed by atoms with Crippen LogP contribution < -0.4 is 5.32 Å². The summed E-state index contributed by atoms with van der Waals surface area (Å²) >= 11 is 0. The second-order valence-electron chi connectivity index (χ2n) is 6.81. The van der Waals surface area contributed by atoms with Crippen molar-refractivity contribution in [3.05, 3.63) is 83.7 Å². The maximum atomic E-state index is 12.8. The van der Waals surface area contributed by atoms with Gasteiger partial charge in [0.2, 0.25) is 0 Å². The van der Waals surface area contributed by atoms with Gasteiger partial charge >= 0.3 is 0 Å². The van der Waals surface area contributed by atoms with Crippen molar-refractivity contribution in [2.24, 2.45) is 5.16 Å². The van der Waals surface area contributed by atoms with E-state index in [1.165, 1.54) is 5.56 Å². The summed E-state index contributed by atoms with van der Waals surface area (Å²) in [6.45, 7) is 0.423. The van der Waals surface area contributed by atoms with Crippen LogP contribution in [0, 0.1) is 0 Å². The van der Waals surface area contributed by atoms with E-state index in [4.69, 9.17) is 4.84 Å². The maximum absolute atomic E-state index is 12.8. The molecule has 0 saturated carbocycles. The van der Waals surface area contributed by atoms with Gasteiger partial charge in [0.25, 0.3) is 5.79 Å². The average molecular weight is 380 g/mol. The van der Waals surface area contributed by atoms with Gasteiger partial charge in [-0.1, -0.05) is 35.5 Å². The normalized spacial score (nSPS) is 18.7. The zero-order valence-corrected chi connectivity index (χ0v) is 15.3. The molecule has 7 heteroatoms. The van der Waals surface area contributed by atoms with Gasteiger partial charge in [0.15, 0.2) is 6.67 Å². The van der Waals surface area contributed by atoms with Gasteiger partial charge in [-0.05, 0) is 41.0 Å². The predicted octanol–water partition coefficient (Wildman–Crippen LogP) is 2.94. The summed E-state index contributed by atoms with van der Waals surface area (Å²) in [7, 11) is 0. The molecule has 2 N–H and O–H groups in total. The molecule has 1 aliphatic rings. The van der Waals surface area contributed by atoms with Crippen LogP contribution in [0.15, 0.2) is 72.1 Å². The van der Waals surface area contributed by atoms with Crippen LogP contribution in [0.4, 0.5) is 4.39 Å². The van der Waals surface area contributed by atoms with Crippen molar-refractivity contribution in [3.8, 4) is 5.69 Å². The van der Waals surface area contributed by atoms with Gasteiger partial charge in [0.05, 0.1) is 17.8 Å². The Morgan fingerprint density at radius 3 is 2.64 bits per heavy atom. The first-order valence-electron chi connectivity index (χ1n) is 9.08. The number of halogens is 1. The highest BCUT2D eigenvalue weighted by Crippen LogP contribution is 2.25. The fourth-order valence-corrected chi connectivity index (χ4v) is 3.09. The third kappa shape index (κ3) is 4.11. The number of nitrogens with one attached hydrogen (secondary N) is 1. The summed E-state index contributed by atoms with van der Waals surface area (Å²) in [5.41, 5.74) is 4.65. The fourth-order valence-electron chi connectivity index (χ4n) is 3.09. The summed E-state index contributed by atoms with van der Waals surface area (Å²) in [4.78, 5) is 4.82. The van der Waals surface area contributed by atoms with E-state index in [2.05, 4.69) is 27.7 Å². The maximum Gasteiger partial charge on any atom is 0.268 e. The molecule has 1 unspecified atom stereocenters. The van der Waals surface area contributed by atoms with Gasteiger partial charge in [0, 0.05) is 25.5 Å². The summed E-state index contributed by atoms with van der Waals surface area (Å²) in [5.74, 6) is -1.83. The zero-order valence-electron chi connectivity index (χ0n) is 15.3. The molecule has 0 spiro atoms. The molecule has 1 aromatic heterocycles. The van der Waals surface area contributed by atoms with E-state index in [0.717, 1.165) is 23.4 Å². The number of nitrogens with zero attached hydrogens (tertiary/aromatic N) is 3. The van der Waals surface area contributed by atoms with Gasteiger partial charge in [-0.25, -0.2) is 9.07 Å². The zero-order chi connectivity index (χ0) is 19.4. The molecule has 0 aliphatic carbocycles. The molecule has 1 atom stereocenters. The smallest absolute Gasteiger partial charge is 0.268 e. The van der Waals surface area contributed by atoms with Gasteiger partial charge in [-0.15, -0.1) is 0 Å². The number of benzene rings is 2. The van der Waals surface area contributed by atoms with Crippen LogP contribution in [0.1, 0.15) is 23.1 Å². The third-order valence-corrected chi connectivity index (χ3v) is 4.60. The molecule has 0 fully saturated rings. The fraction of sp³-hybridized carbons (Fsp3) is 0.238. The molecule has 0 amide bonds. The van der Waals surface area contributed by atoms with Crippen molar-refractivity contribution in [1.82, 2.24) is 15.1 Å². The van der Waals surface area contributed by atoms with Crippen LogP contribution in [0.5, 0.6) is 0 Å². The average Bonchev–Trinajstić information content (AvgIpc) is 3.40. The van der Waals surface area contributed by atoms with Crippen molar-refractivity contribution >= 4 is 5.71 Å². The monoisotopic (exact) mass is 380 g/mol. The van der Waals surface area contributed by atoms with E-state index in [9.17, 15) is 9.50 Å². The number of hydrogen-bond acceptors (Lipinski definition) is 5. The Morgan fingerprint density at radius 1 is 1.11 bits per heavy atom. The molecule has 6 nitrogen and oxygen atoms in total. The minimum atomic E-state index is -1.83. The lowest BCUT2D eigenvalue weighted by Crippen LogP contribution is -2.31. The molecule has 3 aromatic rings. The van der Waals surface area contributed by atoms with E-state index in [1.807, 2.05) is 53.3 Å². The van der Waals surface area contributed by atoms with Gasteiger partial charge < -0.3 is 15.3 Å². The van der Waals surface area contributed by atoms with E-state index < -0.39 is 12.5 Å². The van der Waals surface area contributed by atoms with E-state index in [1.54, 1.807) is 6.20 Å². The molecular weight excluding hydrogens is 359 g/mol. The Hall–Kier alpha value is -3.03. The topological polar surface area (TPSA) is 71.7 Å². The molecule has 0 saturated heterocycles. The molecule has 4 rings (SSSR count). The largest absolute Gasteiger partial charge is 0.357 e. The van der Waals surface area contributed by atoms with E-state index in [0.29, 0.717) is 12.3 Å². The SMILES string of the molecule is OC1(CF)CC(c2cccc(CNCc3ccc(-n4cccn4)cc3)c2)=NO1. The Bertz CT molecular complexity index is 957. The Morgan fingerprint density at radius 2 is 1.93 bits per heavy atom. The first-order valence-corrected chi connectivity index (χ1v) is 9.08. The standard InChI is InChI=1S/C21H21FN4O2/c22-15-21(27)12-20(25-28-21)18-4-1-3-17(11-18)14-23-13-16-5-7-19(8-6-16)26-10-2-9-24-26/h1-11,23,27H,12-15H2. The van der Waals surface area contributed by atoms with Crippen LogP contribution in [-0.4, -0.2) is 33.1 Å². The van der Waals surface area contributed by atoms with Crippen molar-refractivity contribution < 1.29 is 14.3 Å². The Balaban J connectivity index is 1.33. The predicted molar refractivity (Wildman–Crippen MR) is 104 cm³/mol. The van der Waals surface area contributed by atoms with Crippen LogP contribution >= 0.6 is 0 Å². The van der Waals surface area contributed by atoms with Gasteiger partial charge in [0.1, 0.15) is 0 Å². The van der Waals surface area contributed by atoms with Crippen LogP contribution in [0.2, 0.25) is 0 Å². The lowest BCUT2D eigenvalue weighted by atomic mass is 10.0.